The number of hydrogen-bond acceptors (Lipinski definition) is 5. The molecule has 0 saturated heterocycles. The highest BCUT2D eigenvalue weighted by atomic mass is 35.5. The Balaban J connectivity index is 1.64. The number of aryl methyl sites for hydroxylation is 2. The van der Waals surface area contributed by atoms with Gasteiger partial charge in [-0.25, -0.2) is 4.98 Å². The smallest absolute Gasteiger partial charge is 0.255 e. The van der Waals surface area contributed by atoms with Gasteiger partial charge in [0.05, 0.1) is 29.3 Å². The molecule has 2 heterocycles. The summed E-state index contributed by atoms with van der Waals surface area (Å²) >= 11 is 6.55. The van der Waals surface area contributed by atoms with Crippen LogP contribution in [0.5, 0.6) is 11.5 Å². The highest BCUT2D eigenvalue weighted by Gasteiger charge is 2.73. The van der Waals surface area contributed by atoms with Crippen LogP contribution in [0.1, 0.15) is 45.0 Å². The molecule has 7 heteroatoms. The monoisotopic (exact) mass is 562 g/mol. The second-order valence-corrected chi connectivity index (χ2v) is 11.1. The molecular formula is C34H27ClN2O4. The van der Waals surface area contributed by atoms with E-state index < -0.39 is 17.1 Å². The minimum atomic E-state index is -1.81. The number of aromatic amines is 1. The summed E-state index contributed by atoms with van der Waals surface area (Å²) < 4.78 is 12.5. The number of fused-ring (bicyclic) bond motifs is 5. The molecule has 2 aliphatic rings. The lowest BCUT2D eigenvalue weighted by Gasteiger charge is -2.40. The average Bonchev–Trinajstić information content (AvgIpc) is 3.36. The summed E-state index contributed by atoms with van der Waals surface area (Å²) in [5.74, 6) is 0.817. The number of halogens is 1. The molecule has 41 heavy (non-hydrogen) atoms. The highest BCUT2D eigenvalue weighted by Crippen LogP contribution is 2.68. The lowest BCUT2D eigenvalue weighted by molar-refractivity contribution is -0.0906. The third kappa shape index (κ3) is 3.41. The Morgan fingerprint density at radius 1 is 0.976 bits per heavy atom. The van der Waals surface area contributed by atoms with E-state index in [2.05, 4.69) is 4.98 Å². The standard InChI is InChI=1S/C34H27ClN2O4/c1-19-17-20(2)28-26(18-19)41-34(22-13-15-23(40-3)16-14-22)29(21-9-5-4-6-10-21)27-30(33(28,34)39)36-31(37-32(27)38)24-11-7-8-12-25(24)35/h4-18,29,39H,1-3H3,(H,36,37,38)/t29-,33+,34+/m1/s1. The quantitative estimate of drug-likeness (QED) is 0.265. The number of rotatable bonds is 4. The van der Waals surface area contributed by atoms with Gasteiger partial charge in [-0.15, -0.1) is 0 Å². The first-order valence-electron chi connectivity index (χ1n) is 13.4. The van der Waals surface area contributed by atoms with Gasteiger partial charge in [0.15, 0.2) is 11.2 Å². The van der Waals surface area contributed by atoms with Crippen LogP contribution in [-0.4, -0.2) is 22.2 Å². The first-order valence-corrected chi connectivity index (χ1v) is 13.8. The molecule has 2 N–H and O–H groups in total. The Bertz CT molecular complexity index is 1890. The van der Waals surface area contributed by atoms with Gasteiger partial charge in [0.1, 0.15) is 17.3 Å². The van der Waals surface area contributed by atoms with Gasteiger partial charge in [0, 0.05) is 16.7 Å². The predicted octanol–water partition coefficient (Wildman–Crippen LogP) is 6.39. The van der Waals surface area contributed by atoms with Gasteiger partial charge < -0.3 is 19.6 Å². The van der Waals surface area contributed by atoms with Crippen LogP contribution in [-0.2, 0) is 11.2 Å². The second kappa shape index (κ2) is 9.06. The molecule has 0 amide bonds. The van der Waals surface area contributed by atoms with Crippen LogP contribution < -0.4 is 15.0 Å². The molecule has 0 radical (unpaired) electrons. The summed E-state index contributed by atoms with van der Waals surface area (Å²) in [6.07, 6.45) is 0. The van der Waals surface area contributed by atoms with E-state index in [1.54, 1.807) is 19.2 Å². The minimum absolute atomic E-state index is 0.256. The van der Waals surface area contributed by atoms with Gasteiger partial charge in [-0.1, -0.05) is 72.3 Å². The van der Waals surface area contributed by atoms with Gasteiger partial charge in [-0.3, -0.25) is 4.79 Å². The fourth-order valence-corrected chi connectivity index (χ4v) is 7.02. The van der Waals surface area contributed by atoms with E-state index in [-0.39, 0.29) is 17.1 Å². The van der Waals surface area contributed by atoms with Gasteiger partial charge in [0.25, 0.3) is 5.56 Å². The first-order chi connectivity index (χ1) is 19.8. The molecule has 1 aliphatic carbocycles. The molecule has 0 spiro atoms. The van der Waals surface area contributed by atoms with E-state index in [1.165, 1.54) is 0 Å². The molecule has 6 nitrogen and oxygen atoms in total. The lowest BCUT2D eigenvalue weighted by atomic mass is 9.69. The third-order valence-electron chi connectivity index (χ3n) is 8.39. The molecule has 5 aromatic rings. The number of aromatic nitrogens is 2. The van der Waals surface area contributed by atoms with Crippen LogP contribution >= 0.6 is 11.6 Å². The van der Waals surface area contributed by atoms with Crippen LogP contribution in [0.25, 0.3) is 11.4 Å². The molecule has 0 fully saturated rings. The van der Waals surface area contributed by atoms with Crippen molar-refractivity contribution in [3.8, 4) is 22.9 Å². The maximum atomic E-state index is 14.2. The molecule has 1 aliphatic heterocycles. The summed E-state index contributed by atoms with van der Waals surface area (Å²) in [7, 11) is 1.61. The predicted molar refractivity (Wildman–Crippen MR) is 158 cm³/mol. The van der Waals surface area contributed by atoms with E-state index in [0.717, 1.165) is 16.7 Å². The zero-order valence-corrected chi connectivity index (χ0v) is 23.5. The topological polar surface area (TPSA) is 84.4 Å². The van der Waals surface area contributed by atoms with Crippen molar-refractivity contribution in [2.75, 3.05) is 7.11 Å². The largest absolute Gasteiger partial charge is 0.497 e. The van der Waals surface area contributed by atoms with Crippen molar-refractivity contribution in [3.05, 3.63) is 145 Å². The first kappa shape index (κ1) is 25.6. The number of ether oxygens (including phenoxy) is 2. The summed E-state index contributed by atoms with van der Waals surface area (Å²) in [5.41, 5.74) is 1.53. The summed E-state index contributed by atoms with van der Waals surface area (Å²) in [4.78, 5) is 22.1. The van der Waals surface area contributed by atoms with Crippen molar-refractivity contribution in [3.63, 3.8) is 0 Å². The van der Waals surface area contributed by atoms with E-state index in [9.17, 15) is 9.90 Å². The summed E-state index contributed by atoms with van der Waals surface area (Å²) in [5, 5.41) is 13.8. The van der Waals surface area contributed by atoms with Crippen molar-refractivity contribution in [1.29, 1.82) is 0 Å². The Morgan fingerprint density at radius 3 is 2.39 bits per heavy atom. The Morgan fingerprint density at radius 2 is 1.68 bits per heavy atom. The van der Waals surface area contributed by atoms with Crippen LogP contribution in [0, 0.1) is 13.8 Å². The number of hydrogen-bond donors (Lipinski definition) is 2. The highest BCUT2D eigenvalue weighted by molar-refractivity contribution is 6.33. The van der Waals surface area contributed by atoms with Gasteiger partial charge in [-0.05, 0) is 60.9 Å². The normalized spacial score (nSPS) is 22.0. The molecular weight excluding hydrogens is 536 g/mol. The molecule has 0 bridgehead atoms. The maximum Gasteiger partial charge on any atom is 0.255 e. The van der Waals surface area contributed by atoms with Crippen LogP contribution in [0.4, 0.5) is 0 Å². The van der Waals surface area contributed by atoms with E-state index in [4.69, 9.17) is 26.1 Å². The zero-order chi connectivity index (χ0) is 28.5. The fraction of sp³-hybridized carbons (Fsp3) is 0.176. The second-order valence-electron chi connectivity index (χ2n) is 10.7. The van der Waals surface area contributed by atoms with Crippen molar-refractivity contribution >= 4 is 11.6 Å². The SMILES string of the molecule is COc1ccc([C@@]23Oc4cc(C)cc(C)c4[C@]2(O)c2nc(-c4ccccc4Cl)[nH]c(=O)c2[C@H]3c2ccccc2)cc1. The molecule has 3 atom stereocenters. The molecule has 204 valence electrons. The van der Waals surface area contributed by atoms with E-state index in [0.29, 0.717) is 38.8 Å². The number of H-pyrrole nitrogens is 1. The molecule has 4 aromatic carbocycles. The van der Waals surface area contributed by atoms with Gasteiger partial charge >= 0.3 is 0 Å². The summed E-state index contributed by atoms with van der Waals surface area (Å²) in [6, 6.07) is 28.3. The van der Waals surface area contributed by atoms with Crippen molar-refractivity contribution in [2.45, 2.75) is 31.0 Å². The Kier molecular flexibility index (Phi) is 5.65. The van der Waals surface area contributed by atoms with Gasteiger partial charge in [-0.2, -0.15) is 0 Å². The van der Waals surface area contributed by atoms with Crippen molar-refractivity contribution in [2.24, 2.45) is 0 Å². The average molecular weight is 563 g/mol. The number of benzene rings is 4. The Hall–Kier alpha value is -4.39. The zero-order valence-electron chi connectivity index (χ0n) is 22.7. The molecule has 7 rings (SSSR count). The number of nitrogens with one attached hydrogen (secondary N) is 1. The van der Waals surface area contributed by atoms with Crippen molar-refractivity contribution < 1.29 is 14.6 Å². The molecule has 0 unspecified atom stereocenters. The summed E-state index contributed by atoms with van der Waals surface area (Å²) in [6.45, 7) is 3.95. The Labute approximate surface area is 242 Å². The number of nitrogens with zero attached hydrogens (tertiary/aromatic N) is 1. The molecule has 0 saturated carbocycles. The number of methoxy groups -OCH3 is 1. The van der Waals surface area contributed by atoms with E-state index >= 15 is 0 Å². The van der Waals surface area contributed by atoms with Crippen molar-refractivity contribution in [1.82, 2.24) is 9.97 Å². The maximum absolute atomic E-state index is 14.2. The minimum Gasteiger partial charge on any atom is -0.497 e. The van der Waals surface area contributed by atoms with E-state index in [1.807, 2.05) is 92.7 Å². The van der Waals surface area contributed by atoms with Crippen LogP contribution in [0.15, 0.2) is 95.8 Å². The van der Waals surface area contributed by atoms with Gasteiger partial charge in [0.2, 0.25) is 0 Å². The third-order valence-corrected chi connectivity index (χ3v) is 8.72. The van der Waals surface area contributed by atoms with Crippen LogP contribution in [0.3, 0.4) is 0 Å². The lowest BCUT2D eigenvalue weighted by Crippen LogP contribution is -2.49. The van der Waals surface area contributed by atoms with Crippen LogP contribution in [0.2, 0.25) is 5.02 Å². The molecule has 1 aromatic heterocycles. The fourth-order valence-electron chi connectivity index (χ4n) is 6.80. The number of aliphatic hydroxyl groups is 1.